The summed E-state index contributed by atoms with van der Waals surface area (Å²) >= 11 is 0. The van der Waals surface area contributed by atoms with Crippen LogP contribution in [0.4, 0.5) is 23.5 Å². The zero-order chi connectivity index (χ0) is 24.0. The predicted molar refractivity (Wildman–Crippen MR) is 138 cm³/mol. The van der Waals surface area contributed by atoms with Gasteiger partial charge in [0.25, 0.3) is 0 Å². The second kappa shape index (κ2) is 10.8. The number of piperidine rings is 1. The maximum absolute atomic E-state index is 5.50. The zero-order valence-electron chi connectivity index (χ0n) is 20.4. The highest BCUT2D eigenvalue weighted by atomic mass is 16.7. The molecule has 184 valence electrons. The van der Waals surface area contributed by atoms with Crippen LogP contribution in [0.2, 0.25) is 0 Å². The van der Waals surface area contributed by atoms with E-state index < -0.39 is 0 Å². The molecule has 0 bridgehead atoms. The number of fused-ring (bicyclic) bond motifs is 1. The monoisotopic (exact) mass is 475 g/mol. The molecule has 3 aromatic rings. The molecule has 2 aliphatic heterocycles. The summed E-state index contributed by atoms with van der Waals surface area (Å²) in [7, 11) is 0. The maximum atomic E-state index is 5.50. The number of nitrogens with one attached hydrogen (secondary N) is 2. The lowest BCUT2D eigenvalue weighted by Gasteiger charge is -2.32. The van der Waals surface area contributed by atoms with Crippen molar-refractivity contribution in [3.63, 3.8) is 0 Å². The molecule has 3 heterocycles. The maximum Gasteiger partial charge on any atom is 0.233 e. The third kappa shape index (κ3) is 5.74. The van der Waals surface area contributed by atoms with Crippen LogP contribution in [-0.2, 0) is 6.54 Å². The van der Waals surface area contributed by atoms with E-state index in [0.717, 1.165) is 57.0 Å². The van der Waals surface area contributed by atoms with Crippen molar-refractivity contribution in [3.8, 4) is 11.5 Å². The Bertz CT molecular complexity index is 1120. The van der Waals surface area contributed by atoms with Crippen molar-refractivity contribution >= 4 is 23.5 Å². The van der Waals surface area contributed by atoms with Crippen LogP contribution in [0.25, 0.3) is 0 Å². The number of rotatable bonds is 9. The molecular weight excluding hydrogens is 442 g/mol. The highest BCUT2D eigenvalue weighted by Crippen LogP contribution is 2.35. The lowest BCUT2D eigenvalue weighted by Crippen LogP contribution is -2.39. The average Bonchev–Trinajstić information content (AvgIpc) is 3.35. The van der Waals surface area contributed by atoms with Crippen LogP contribution < -0.4 is 25.0 Å². The Kier molecular flexibility index (Phi) is 7.13. The number of hydrogen-bond donors (Lipinski definition) is 2. The smallest absolute Gasteiger partial charge is 0.233 e. The summed E-state index contributed by atoms with van der Waals surface area (Å²) < 4.78 is 10.9. The first-order valence-corrected chi connectivity index (χ1v) is 12.4. The van der Waals surface area contributed by atoms with Gasteiger partial charge in [-0.1, -0.05) is 30.3 Å². The Labute approximate surface area is 206 Å². The first-order chi connectivity index (χ1) is 17.2. The number of anilines is 4. The summed E-state index contributed by atoms with van der Waals surface area (Å²) in [6.07, 6.45) is 2.09. The average molecular weight is 476 g/mol. The Morgan fingerprint density at radius 1 is 0.914 bits per heavy atom. The Balaban J connectivity index is 1.27. The minimum absolute atomic E-state index is 0.245. The molecule has 1 aromatic heterocycles. The van der Waals surface area contributed by atoms with E-state index in [1.807, 2.05) is 18.2 Å². The largest absolute Gasteiger partial charge is 0.454 e. The number of ether oxygens (including phenoxy) is 2. The van der Waals surface area contributed by atoms with Gasteiger partial charge in [-0.25, -0.2) is 0 Å². The first kappa shape index (κ1) is 23.2. The molecule has 0 radical (unpaired) electrons. The second-order valence-corrected chi connectivity index (χ2v) is 8.83. The highest BCUT2D eigenvalue weighted by Gasteiger charge is 2.21. The quantitative estimate of drug-likeness (QED) is 0.471. The fourth-order valence-electron chi connectivity index (χ4n) is 4.50. The minimum atomic E-state index is 0.245. The molecule has 0 unspecified atom stereocenters. The van der Waals surface area contributed by atoms with E-state index in [9.17, 15) is 0 Å². The van der Waals surface area contributed by atoms with Crippen molar-refractivity contribution in [1.29, 1.82) is 0 Å². The molecule has 2 aliphatic rings. The highest BCUT2D eigenvalue weighted by molar-refractivity contribution is 5.61. The standard InChI is InChI=1S/C26H33N7O2/c1-3-33(4-2)26-30-24(27-20-12-14-32(15-13-20)17-19-8-6-5-7-9-19)29-25(31-26)28-21-10-11-22-23(16-21)35-18-34-22/h5-11,16,20H,3-4,12-15,17-18H2,1-2H3,(H2,27,28,29,30,31). The molecule has 0 atom stereocenters. The molecule has 0 amide bonds. The second-order valence-electron chi connectivity index (χ2n) is 8.83. The summed E-state index contributed by atoms with van der Waals surface area (Å²) in [4.78, 5) is 18.8. The van der Waals surface area contributed by atoms with Crippen LogP contribution in [-0.4, -0.2) is 58.9 Å². The fraction of sp³-hybridized carbons (Fsp3) is 0.423. The zero-order valence-corrected chi connectivity index (χ0v) is 20.4. The first-order valence-electron chi connectivity index (χ1n) is 12.4. The number of hydrogen-bond acceptors (Lipinski definition) is 9. The third-order valence-corrected chi connectivity index (χ3v) is 6.47. The summed E-state index contributed by atoms with van der Waals surface area (Å²) in [6.45, 7) is 9.18. The third-order valence-electron chi connectivity index (χ3n) is 6.47. The van der Waals surface area contributed by atoms with Crippen LogP contribution >= 0.6 is 0 Å². The van der Waals surface area contributed by atoms with E-state index in [2.05, 4.69) is 69.6 Å². The van der Waals surface area contributed by atoms with Crippen molar-refractivity contribution < 1.29 is 9.47 Å². The Morgan fingerprint density at radius 2 is 1.66 bits per heavy atom. The van der Waals surface area contributed by atoms with E-state index in [1.54, 1.807) is 0 Å². The predicted octanol–water partition coefficient (Wildman–Crippen LogP) is 4.27. The van der Waals surface area contributed by atoms with E-state index >= 15 is 0 Å². The molecule has 0 saturated carbocycles. The van der Waals surface area contributed by atoms with Gasteiger partial charge in [0.1, 0.15) is 0 Å². The van der Waals surface area contributed by atoms with Crippen molar-refractivity contribution in [1.82, 2.24) is 19.9 Å². The van der Waals surface area contributed by atoms with Gasteiger partial charge in [0.2, 0.25) is 24.6 Å². The van der Waals surface area contributed by atoms with Crippen LogP contribution in [0.5, 0.6) is 11.5 Å². The Morgan fingerprint density at radius 3 is 2.43 bits per heavy atom. The van der Waals surface area contributed by atoms with Gasteiger partial charge in [-0.05, 0) is 44.4 Å². The SMILES string of the molecule is CCN(CC)c1nc(Nc2ccc3c(c2)OCO3)nc(NC2CCN(Cc3ccccc3)CC2)n1. The molecule has 35 heavy (non-hydrogen) atoms. The van der Waals surface area contributed by atoms with Crippen molar-refractivity contribution in [2.75, 3.05) is 48.5 Å². The fourth-order valence-corrected chi connectivity index (χ4v) is 4.50. The van der Waals surface area contributed by atoms with Gasteiger partial charge in [0.05, 0.1) is 0 Å². The van der Waals surface area contributed by atoms with Gasteiger partial charge < -0.3 is 25.0 Å². The van der Waals surface area contributed by atoms with Crippen LogP contribution in [0.1, 0.15) is 32.3 Å². The number of benzene rings is 2. The molecule has 1 fully saturated rings. The molecule has 1 saturated heterocycles. The summed E-state index contributed by atoms with van der Waals surface area (Å²) in [5, 5.41) is 6.89. The molecule has 0 spiro atoms. The van der Waals surface area contributed by atoms with Crippen LogP contribution in [0.15, 0.2) is 48.5 Å². The van der Waals surface area contributed by atoms with Crippen molar-refractivity contribution in [2.24, 2.45) is 0 Å². The molecule has 2 aromatic carbocycles. The summed E-state index contributed by atoms with van der Waals surface area (Å²) in [6, 6.07) is 16.7. The van der Waals surface area contributed by atoms with Crippen LogP contribution in [0, 0.1) is 0 Å². The van der Waals surface area contributed by atoms with Crippen molar-refractivity contribution in [2.45, 2.75) is 39.3 Å². The van der Waals surface area contributed by atoms with E-state index in [0.29, 0.717) is 29.6 Å². The molecule has 5 rings (SSSR count). The number of nitrogens with zero attached hydrogens (tertiary/aromatic N) is 5. The topological polar surface area (TPSA) is 87.7 Å². The lowest BCUT2D eigenvalue weighted by molar-refractivity contribution is 0.174. The lowest BCUT2D eigenvalue weighted by atomic mass is 10.0. The van der Waals surface area contributed by atoms with Gasteiger partial charge in [0.15, 0.2) is 11.5 Å². The number of likely N-dealkylation sites (tertiary alicyclic amines) is 1. The summed E-state index contributed by atoms with van der Waals surface area (Å²) in [5.74, 6) is 3.23. The Hall–Kier alpha value is -3.59. The van der Waals surface area contributed by atoms with Gasteiger partial charge in [-0.2, -0.15) is 15.0 Å². The van der Waals surface area contributed by atoms with Gasteiger partial charge in [0, 0.05) is 50.5 Å². The molecule has 9 heteroatoms. The molecule has 9 nitrogen and oxygen atoms in total. The molecule has 2 N–H and O–H groups in total. The van der Waals surface area contributed by atoms with E-state index in [4.69, 9.17) is 19.4 Å². The summed E-state index contributed by atoms with van der Waals surface area (Å²) in [5.41, 5.74) is 2.20. The van der Waals surface area contributed by atoms with Gasteiger partial charge in [-0.15, -0.1) is 0 Å². The normalized spacial score (nSPS) is 15.7. The van der Waals surface area contributed by atoms with E-state index in [-0.39, 0.29) is 6.79 Å². The molecule has 0 aliphatic carbocycles. The van der Waals surface area contributed by atoms with Gasteiger partial charge >= 0.3 is 0 Å². The van der Waals surface area contributed by atoms with E-state index in [1.165, 1.54) is 5.56 Å². The van der Waals surface area contributed by atoms with Crippen LogP contribution in [0.3, 0.4) is 0 Å². The minimum Gasteiger partial charge on any atom is -0.454 e. The number of aromatic nitrogens is 3. The van der Waals surface area contributed by atoms with Crippen molar-refractivity contribution in [3.05, 3.63) is 54.1 Å². The van der Waals surface area contributed by atoms with Gasteiger partial charge in [-0.3, -0.25) is 4.90 Å². The molecular formula is C26H33N7O2.